The zero-order valence-corrected chi connectivity index (χ0v) is 14.9. The number of aromatic nitrogens is 2. The van der Waals surface area contributed by atoms with Crippen LogP contribution in [0.4, 0.5) is 15.1 Å². The Labute approximate surface area is 153 Å². The fourth-order valence-electron chi connectivity index (χ4n) is 1.98. The number of hydrogen-bond donors (Lipinski definition) is 2. The first-order valence-electron chi connectivity index (χ1n) is 6.93. The Hall–Kier alpha value is -2.31. The van der Waals surface area contributed by atoms with Crippen LogP contribution in [0, 0.1) is 0 Å². The van der Waals surface area contributed by atoms with Gasteiger partial charge in [-0.3, -0.25) is 24.1 Å². The summed E-state index contributed by atoms with van der Waals surface area (Å²) in [6.07, 6.45) is 2.90. The Morgan fingerprint density at radius 3 is 2.20 bits per heavy atom. The van der Waals surface area contributed by atoms with Crippen molar-refractivity contribution in [3.63, 3.8) is 0 Å². The van der Waals surface area contributed by atoms with E-state index in [0.29, 0.717) is 10.3 Å². The van der Waals surface area contributed by atoms with Gasteiger partial charge in [-0.25, -0.2) is 9.97 Å². The summed E-state index contributed by atoms with van der Waals surface area (Å²) in [6, 6.07) is 0. The minimum Gasteiger partial charge on any atom is -0.302 e. The van der Waals surface area contributed by atoms with Gasteiger partial charge < -0.3 is 10.6 Å². The van der Waals surface area contributed by atoms with Crippen LogP contribution in [0.2, 0.25) is 0 Å². The minimum absolute atomic E-state index is 0.167. The van der Waals surface area contributed by atoms with Crippen molar-refractivity contribution in [3.05, 3.63) is 23.2 Å². The molecule has 0 aliphatic carbocycles. The zero-order valence-electron chi connectivity index (χ0n) is 12.5. The van der Waals surface area contributed by atoms with Crippen molar-refractivity contribution < 1.29 is 19.2 Å². The number of amides is 4. The van der Waals surface area contributed by atoms with Gasteiger partial charge in [-0.1, -0.05) is 11.8 Å². The van der Waals surface area contributed by atoms with Crippen LogP contribution in [0.15, 0.2) is 23.2 Å². The van der Waals surface area contributed by atoms with E-state index >= 15 is 0 Å². The Balaban J connectivity index is 1.54. The molecule has 12 heteroatoms. The van der Waals surface area contributed by atoms with Crippen molar-refractivity contribution in [1.29, 1.82) is 0 Å². The predicted molar refractivity (Wildman–Crippen MR) is 94.6 cm³/mol. The quantitative estimate of drug-likeness (QED) is 0.760. The van der Waals surface area contributed by atoms with Crippen molar-refractivity contribution in [2.45, 2.75) is 11.7 Å². The molecule has 1 aliphatic heterocycles. The van der Waals surface area contributed by atoms with Crippen LogP contribution in [0.5, 0.6) is 0 Å². The molecule has 0 spiro atoms. The van der Waals surface area contributed by atoms with Gasteiger partial charge in [0.2, 0.25) is 17.7 Å². The lowest BCUT2D eigenvalue weighted by Gasteiger charge is -2.12. The molecule has 2 N–H and O–H groups in total. The highest BCUT2D eigenvalue weighted by Crippen LogP contribution is 2.29. The number of hydrogen-bond acceptors (Lipinski definition) is 9. The first-order valence-corrected chi connectivity index (χ1v) is 9.57. The first kappa shape index (κ1) is 17.5. The number of anilines is 2. The highest BCUT2D eigenvalue weighted by Gasteiger charge is 2.41. The maximum atomic E-state index is 12.3. The third-order valence-corrected chi connectivity index (χ3v) is 5.49. The number of thiazole rings is 2. The molecule has 0 bridgehead atoms. The zero-order chi connectivity index (χ0) is 17.8. The van der Waals surface area contributed by atoms with E-state index in [2.05, 4.69) is 20.6 Å². The van der Waals surface area contributed by atoms with Crippen LogP contribution in [-0.4, -0.2) is 49.6 Å². The standard InChI is InChI=1S/C13H11N5O4S3/c19-8(16-11-14-1-3-23-11)5-7-10(21)18(13(22)25-7)6-9(20)17-12-15-2-4-24-12/h1-4,7H,5-6H2,(H,14,16,19)(H,15,17,20)/t7-/m1/s1. The van der Waals surface area contributed by atoms with Crippen molar-refractivity contribution >= 4 is 67.7 Å². The number of carbonyl (C=O) groups is 4. The molecule has 130 valence electrons. The van der Waals surface area contributed by atoms with Crippen molar-refractivity contribution in [1.82, 2.24) is 14.9 Å². The fraction of sp³-hybridized carbons (Fsp3) is 0.231. The molecule has 3 heterocycles. The molecule has 1 atom stereocenters. The molecule has 1 aliphatic rings. The van der Waals surface area contributed by atoms with Crippen LogP contribution >= 0.6 is 34.4 Å². The number of carbonyl (C=O) groups excluding carboxylic acids is 4. The summed E-state index contributed by atoms with van der Waals surface area (Å²) in [4.78, 5) is 56.7. The molecular weight excluding hydrogens is 386 g/mol. The molecule has 1 saturated heterocycles. The number of rotatable bonds is 6. The van der Waals surface area contributed by atoms with E-state index in [4.69, 9.17) is 0 Å². The highest BCUT2D eigenvalue weighted by atomic mass is 32.2. The van der Waals surface area contributed by atoms with Crippen molar-refractivity contribution in [2.75, 3.05) is 17.2 Å². The molecule has 1 fully saturated rings. The third-order valence-electron chi connectivity index (χ3n) is 3.03. The second kappa shape index (κ2) is 7.72. The molecule has 0 aromatic carbocycles. The second-order valence-electron chi connectivity index (χ2n) is 4.77. The lowest BCUT2D eigenvalue weighted by atomic mass is 10.2. The van der Waals surface area contributed by atoms with Crippen LogP contribution in [-0.2, 0) is 14.4 Å². The summed E-state index contributed by atoms with van der Waals surface area (Å²) in [5.74, 6) is -1.49. The van der Waals surface area contributed by atoms with Gasteiger partial charge in [0.1, 0.15) is 11.8 Å². The smallest absolute Gasteiger partial charge is 0.289 e. The topological polar surface area (TPSA) is 121 Å². The van der Waals surface area contributed by atoms with E-state index in [-0.39, 0.29) is 6.42 Å². The van der Waals surface area contributed by atoms with Crippen LogP contribution in [0.3, 0.4) is 0 Å². The van der Waals surface area contributed by atoms with E-state index in [1.54, 1.807) is 17.0 Å². The minimum atomic E-state index is -0.847. The molecule has 2 aromatic heterocycles. The number of nitrogens with one attached hydrogen (secondary N) is 2. The summed E-state index contributed by atoms with van der Waals surface area (Å²) in [5, 5.41) is 7.86. The Morgan fingerprint density at radius 2 is 1.64 bits per heavy atom. The molecule has 4 amide bonds. The normalized spacial score (nSPS) is 17.0. The monoisotopic (exact) mass is 397 g/mol. The van der Waals surface area contributed by atoms with Gasteiger partial charge in [-0.15, -0.1) is 22.7 Å². The van der Waals surface area contributed by atoms with E-state index < -0.39 is 34.8 Å². The molecule has 0 saturated carbocycles. The lowest BCUT2D eigenvalue weighted by Crippen LogP contribution is -2.38. The summed E-state index contributed by atoms with van der Waals surface area (Å²) >= 11 is 3.22. The third kappa shape index (κ3) is 4.41. The number of imide groups is 1. The van der Waals surface area contributed by atoms with Gasteiger partial charge in [0.15, 0.2) is 10.3 Å². The highest BCUT2D eigenvalue weighted by molar-refractivity contribution is 8.15. The molecule has 3 rings (SSSR count). The summed E-state index contributed by atoms with van der Waals surface area (Å²) in [7, 11) is 0. The van der Waals surface area contributed by atoms with Gasteiger partial charge >= 0.3 is 0 Å². The Kier molecular flexibility index (Phi) is 5.40. The summed E-state index contributed by atoms with van der Waals surface area (Å²) in [5.41, 5.74) is 0. The van der Waals surface area contributed by atoms with E-state index in [0.717, 1.165) is 16.7 Å². The second-order valence-corrected chi connectivity index (χ2v) is 7.71. The van der Waals surface area contributed by atoms with Gasteiger partial charge in [-0.2, -0.15) is 0 Å². The van der Waals surface area contributed by atoms with E-state index in [1.807, 2.05) is 0 Å². The molecule has 0 unspecified atom stereocenters. The van der Waals surface area contributed by atoms with Gasteiger partial charge in [0, 0.05) is 29.6 Å². The van der Waals surface area contributed by atoms with E-state index in [9.17, 15) is 19.2 Å². The number of thioether (sulfide) groups is 1. The maximum absolute atomic E-state index is 12.3. The lowest BCUT2D eigenvalue weighted by molar-refractivity contribution is -0.131. The van der Waals surface area contributed by atoms with Crippen LogP contribution in [0.1, 0.15) is 6.42 Å². The predicted octanol–water partition coefficient (Wildman–Crippen LogP) is 1.63. The molecule has 9 nitrogen and oxygen atoms in total. The first-order chi connectivity index (χ1) is 12.0. The SMILES string of the molecule is O=C(C[C@H]1SC(=O)N(CC(=O)Nc2nccs2)C1=O)Nc1nccs1. The summed E-state index contributed by atoms with van der Waals surface area (Å²) < 4.78 is 0. The average molecular weight is 397 g/mol. The summed E-state index contributed by atoms with van der Waals surface area (Å²) in [6.45, 7) is -0.408. The Morgan fingerprint density at radius 1 is 1.04 bits per heavy atom. The maximum Gasteiger partial charge on any atom is 0.289 e. The van der Waals surface area contributed by atoms with Gasteiger partial charge in [-0.05, 0) is 0 Å². The van der Waals surface area contributed by atoms with Crippen LogP contribution in [0.25, 0.3) is 0 Å². The van der Waals surface area contributed by atoms with Gasteiger partial charge in [0.25, 0.3) is 5.24 Å². The van der Waals surface area contributed by atoms with E-state index in [1.165, 1.54) is 28.9 Å². The molecule has 2 aromatic rings. The van der Waals surface area contributed by atoms with Crippen molar-refractivity contribution in [3.8, 4) is 0 Å². The fourth-order valence-corrected chi connectivity index (χ4v) is 4.06. The average Bonchev–Trinajstić information content (AvgIpc) is 3.28. The largest absolute Gasteiger partial charge is 0.302 e. The molecular formula is C13H11N5O4S3. The Bertz CT molecular complexity index is 793. The van der Waals surface area contributed by atoms with Crippen molar-refractivity contribution in [2.24, 2.45) is 0 Å². The molecule has 0 radical (unpaired) electrons. The molecule has 25 heavy (non-hydrogen) atoms. The number of nitrogens with zero attached hydrogens (tertiary/aromatic N) is 3. The van der Waals surface area contributed by atoms with Crippen LogP contribution < -0.4 is 10.6 Å². The van der Waals surface area contributed by atoms with Gasteiger partial charge in [0.05, 0.1) is 0 Å².